The lowest BCUT2D eigenvalue weighted by molar-refractivity contribution is -0.130. The topological polar surface area (TPSA) is 55.8 Å². The van der Waals surface area contributed by atoms with Crippen molar-refractivity contribution in [1.29, 1.82) is 0 Å². The molecule has 0 aliphatic rings. The fraction of sp³-hybridized carbons (Fsp3) is 0.167. The molecule has 1 N–H and O–H groups in total. The lowest BCUT2D eigenvalue weighted by Gasteiger charge is -2.08. The minimum atomic E-state index is -1.03. The highest BCUT2D eigenvalue weighted by molar-refractivity contribution is 6.32. The molecule has 4 nitrogen and oxygen atoms in total. The van der Waals surface area contributed by atoms with Gasteiger partial charge in [-0.2, -0.15) is 0 Å². The molecule has 2 aromatic carbocycles. The van der Waals surface area contributed by atoms with Crippen LogP contribution in [0, 0.1) is 0 Å². The van der Waals surface area contributed by atoms with E-state index >= 15 is 0 Å². The quantitative estimate of drug-likeness (QED) is 0.630. The smallest absolute Gasteiger partial charge is 0.336 e. The van der Waals surface area contributed by atoms with Crippen molar-refractivity contribution in [3.8, 4) is 11.5 Å². The molecule has 120 valence electrons. The van der Waals surface area contributed by atoms with Crippen molar-refractivity contribution in [3.05, 3.63) is 58.6 Å². The first-order valence-electron chi connectivity index (χ1n) is 7.07. The van der Waals surface area contributed by atoms with Crippen LogP contribution in [0.1, 0.15) is 18.1 Å². The first-order valence-corrected chi connectivity index (χ1v) is 7.44. The molecule has 0 saturated carbocycles. The molecular formula is C18H17ClO4. The molecule has 0 aliphatic heterocycles. The molecule has 0 heterocycles. The van der Waals surface area contributed by atoms with Gasteiger partial charge in [0.2, 0.25) is 0 Å². The predicted octanol–water partition coefficient (Wildman–Crippen LogP) is 4.37. The zero-order valence-electron chi connectivity index (χ0n) is 12.9. The Hall–Kier alpha value is -2.46. The van der Waals surface area contributed by atoms with Gasteiger partial charge < -0.3 is 14.6 Å². The van der Waals surface area contributed by atoms with Gasteiger partial charge in [0, 0.05) is 0 Å². The third kappa shape index (κ3) is 4.27. The Morgan fingerprint density at radius 3 is 2.43 bits per heavy atom. The summed E-state index contributed by atoms with van der Waals surface area (Å²) in [5, 5.41) is 9.84. The molecule has 0 atom stereocenters. The minimum Gasteiger partial charge on any atom is -0.495 e. The number of aliphatic carboxylic acids is 1. The highest BCUT2D eigenvalue weighted by Gasteiger charge is 2.13. The SMILES string of the molecule is CCOc1ccc(/C=C(\C(=O)O)c2ccc(OC)c(Cl)c2)cc1. The molecule has 0 amide bonds. The number of carboxylic acids is 1. The summed E-state index contributed by atoms with van der Waals surface area (Å²) in [6, 6.07) is 12.1. The van der Waals surface area contributed by atoms with Gasteiger partial charge >= 0.3 is 5.97 Å². The van der Waals surface area contributed by atoms with Crippen LogP contribution in [-0.4, -0.2) is 24.8 Å². The largest absolute Gasteiger partial charge is 0.495 e. The van der Waals surface area contributed by atoms with Crippen molar-refractivity contribution in [3.63, 3.8) is 0 Å². The fourth-order valence-electron chi connectivity index (χ4n) is 2.10. The summed E-state index contributed by atoms with van der Waals surface area (Å²) in [4.78, 5) is 11.6. The van der Waals surface area contributed by atoms with Gasteiger partial charge in [0.05, 0.1) is 24.3 Å². The Kier molecular flexibility index (Phi) is 5.66. The normalized spacial score (nSPS) is 11.2. The summed E-state index contributed by atoms with van der Waals surface area (Å²) < 4.78 is 10.5. The number of hydrogen-bond acceptors (Lipinski definition) is 3. The van der Waals surface area contributed by atoms with Gasteiger partial charge in [0.1, 0.15) is 11.5 Å². The zero-order valence-corrected chi connectivity index (χ0v) is 13.6. The van der Waals surface area contributed by atoms with E-state index in [9.17, 15) is 9.90 Å². The van der Waals surface area contributed by atoms with Gasteiger partial charge in [0.15, 0.2) is 0 Å². The number of rotatable bonds is 6. The molecule has 5 heteroatoms. The van der Waals surface area contributed by atoms with Gasteiger partial charge in [-0.05, 0) is 48.4 Å². The summed E-state index contributed by atoms with van der Waals surface area (Å²) in [5.41, 5.74) is 1.42. The first kappa shape index (κ1) is 16.9. The Bertz CT molecular complexity index is 720. The second-order valence-electron chi connectivity index (χ2n) is 4.71. The highest BCUT2D eigenvalue weighted by Crippen LogP contribution is 2.29. The van der Waals surface area contributed by atoms with Crippen molar-refractivity contribution in [2.45, 2.75) is 6.92 Å². The number of methoxy groups -OCH3 is 1. The van der Waals surface area contributed by atoms with E-state index in [0.717, 1.165) is 11.3 Å². The summed E-state index contributed by atoms with van der Waals surface area (Å²) >= 11 is 6.08. The number of carboxylic acid groups (broad SMARTS) is 1. The van der Waals surface area contributed by atoms with Crippen LogP contribution in [0.5, 0.6) is 11.5 Å². The number of halogens is 1. The minimum absolute atomic E-state index is 0.152. The Morgan fingerprint density at radius 1 is 1.22 bits per heavy atom. The molecular weight excluding hydrogens is 316 g/mol. The first-order chi connectivity index (χ1) is 11.0. The molecule has 2 rings (SSSR count). The maximum absolute atomic E-state index is 11.6. The maximum Gasteiger partial charge on any atom is 0.336 e. The van der Waals surface area contributed by atoms with Crippen molar-refractivity contribution in [2.75, 3.05) is 13.7 Å². The average Bonchev–Trinajstić information content (AvgIpc) is 2.54. The van der Waals surface area contributed by atoms with Gasteiger partial charge in [-0.3, -0.25) is 0 Å². The van der Waals surface area contributed by atoms with E-state index in [1.54, 1.807) is 48.5 Å². The summed E-state index contributed by atoms with van der Waals surface area (Å²) in [6.07, 6.45) is 1.59. The summed E-state index contributed by atoms with van der Waals surface area (Å²) in [6.45, 7) is 2.49. The molecule has 0 saturated heterocycles. The number of benzene rings is 2. The van der Waals surface area contributed by atoms with E-state index in [0.29, 0.717) is 22.9 Å². The molecule has 0 fully saturated rings. The van der Waals surface area contributed by atoms with E-state index < -0.39 is 5.97 Å². The van der Waals surface area contributed by atoms with E-state index in [2.05, 4.69) is 0 Å². The van der Waals surface area contributed by atoms with E-state index in [4.69, 9.17) is 21.1 Å². The lowest BCUT2D eigenvalue weighted by Crippen LogP contribution is -2.00. The molecule has 2 aromatic rings. The maximum atomic E-state index is 11.6. The molecule has 0 bridgehead atoms. The van der Waals surface area contributed by atoms with Crippen LogP contribution in [0.4, 0.5) is 0 Å². The zero-order chi connectivity index (χ0) is 16.8. The van der Waals surface area contributed by atoms with Crippen LogP contribution >= 0.6 is 11.6 Å². The van der Waals surface area contributed by atoms with Crippen LogP contribution in [0.25, 0.3) is 11.6 Å². The highest BCUT2D eigenvalue weighted by atomic mass is 35.5. The Balaban J connectivity index is 2.37. The van der Waals surface area contributed by atoms with Crippen LogP contribution in [-0.2, 0) is 4.79 Å². The van der Waals surface area contributed by atoms with E-state index in [1.165, 1.54) is 7.11 Å². The molecule has 0 aromatic heterocycles. The molecule has 0 unspecified atom stereocenters. The number of hydrogen-bond donors (Lipinski definition) is 1. The van der Waals surface area contributed by atoms with Crippen LogP contribution < -0.4 is 9.47 Å². The van der Waals surface area contributed by atoms with Crippen LogP contribution in [0.2, 0.25) is 5.02 Å². The van der Waals surface area contributed by atoms with E-state index in [1.807, 2.05) is 6.92 Å². The van der Waals surface area contributed by atoms with Crippen molar-refractivity contribution >= 4 is 29.2 Å². The van der Waals surface area contributed by atoms with Crippen molar-refractivity contribution in [1.82, 2.24) is 0 Å². The predicted molar refractivity (Wildman–Crippen MR) is 91.1 cm³/mol. The molecule has 0 radical (unpaired) electrons. The Labute approximate surface area is 139 Å². The van der Waals surface area contributed by atoms with Gasteiger partial charge in [-0.15, -0.1) is 0 Å². The molecule has 0 spiro atoms. The number of ether oxygens (including phenoxy) is 2. The van der Waals surface area contributed by atoms with Crippen LogP contribution in [0.3, 0.4) is 0 Å². The number of carbonyl (C=O) groups is 1. The fourth-order valence-corrected chi connectivity index (χ4v) is 2.35. The van der Waals surface area contributed by atoms with Gasteiger partial charge in [0.25, 0.3) is 0 Å². The van der Waals surface area contributed by atoms with Crippen molar-refractivity contribution in [2.24, 2.45) is 0 Å². The average molecular weight is 333 g/mol. The third-order valence-electron chi connectivity index (χ3n) is 3.20. The van der Waals surface area contributed by atoms with Gasteiger partial charge in [-0.1, -0.05) is 29.8 Å². The second-order valence-corrected chi connectivity index (χ2v) is 5.12. The summed E-state index contributed by atoms with van der Waals surface area (Å²) in [5.74, 6) is 0.218. The van der Waals surface area contributed by atoms with Gasteiger partial charge in [-0.25, -0.2) is 4.79 Å². The monoisotopic (exact) mass is 332 g/mol. The van der Waals surface area contributed by atoms with E-state index in [-0.39, 0.29) is 5.57 Å². The molecule has 0 aliphatic carbocycles. The standard InChI is InChI=1S/C18H17ClO4/c1-3-23-14-7-4-12(5-8-14)10-15(18(20)21)13-6-9-17(22-2)16(19)11-13/h4-11H,3H2,1-2H3,(H,20,21)/b15-10-. The van der Waals surface area contributed by atoms with Crippen molar-refractivity contribution < 1.29 is 19.4 Å². The van der Waals surface area contributed by atoms with Crippen LogP contribution in [0.15, 0.2) is 42.5 Å². The lowest BCUT2D eigenvalue weighted by atomic mass is 10.0. The molecule has 23 heavy (non-hydrogen) atoms. The second kappa shape index (κ2) is 7.70. The third-order valence-corrected chi connectivity index (χ3v) is 3.49. The summed E-state index contributed by atoms with van der Waals surface area (Å²) in [7, 11) is 1.51. The Morgan fingerprint density at radius 2 is 1.91 bits per heavy atom.